The van der Waals surface area contributed by atoms with Crippen LogP contribution in [0.5, 0.6) is 0 Å². The van der Waals surface area contributed by atoms with E-state index in [9.17, 15) is 0 Å². The van der Waals surface area contributed by atoms with E-state index in [4.69, 9.17) is 9.97 Å². The first kappa shape index (κ1) is 28.3. The van der Waals surface area contributed by atoms with E-state index in [1.807, 2.05) is 0 Å². The quantitative estimate of drug-likeness (QED) is 0.188. The number of fused-ring (bicyclic) bond motifs is 6. The number of nitrogens with zero attached hydrogens (tertiary/aromatic N) is 4. The summed E-state index contributed by atoms with van der Waals surface area (Å²) in [5.41, 5.74) is 11.8. The maximum absolute atomic E-state index is 5.39. The van der Waals surface area contributed by atoms with E-state index in [0.717, 1.165) is 66.6 Å². The Hall–Kier alpha value is -6.78. The molecule has 0 aliphatic heterocycles. The molecule has 4 nitrogen and oxygen atoms in total. The van der Waals surface area contributed by atoms with E-state index in [-0.39, 0.29) is 0 Å². The molecule has 0 N–H and O–H groups in total. The molecule has 50 heavy (non-hydrogen) atoms. The molecule has 0 saturated carbocycles. The normalized spacial score (nSPS) is 11.6. The van der Waals surface area contributed by atoms with Gasteiger partial charge in [-0.3, -0.25) is 4.57 Å². The van der Waals surface area contributed by atoms with Crippen molar-refractivity contribution < 1.29 is 0 Å². The second kappa shape index (κ2) is 11.4. The lowest BCUT2D eigenvalue weighted by molar-refractivity contribution is 1.11. The van der Waals surface area contributed by atoms with E-state index in [1.165, 1.54) is 16.5 Å². The number of rotatable bonds is 5. The summed E-state index contributed by atoms with van der Waals surface area (Å²) in [4.78, 5) is 10.8. The molecule has 0 fully saturated rings. The summed E-state index contributed by atoms with van der Waals surface area (Å²) in [6, 6.07) is 64.2. The Morgan fingerprint density at radius 3 is 1.68 bits per heavy atom. The van der Waals surface area contributed by atoms with Crippen LogP contribution in [-0.4, -0.2) is 19.1 Å². The molecule has 7 aromatic carbocycles. The molecule has 0 amide bonds. The molecule has 234 valence electrons. The van der Waals surface area contributed by atoms with Gasteiger partial charge in [0.1, 0.15) is 5.65 Å². The van der Waals surface area contributed by atoms with Gasteiger partial charge in [0.25, 0.3) is 0 Å². The van der Waals surface area contributed by atoms with Crippen molar-refractivity contribution in [2.45, 2.75) is 0 Å². The second-order valence-electron chi connectivity index (χ2n) is 12.6. The summed E-state index contributed by atoms with van der Waals surface area (Å²) in [7, 11) is 0. The first-order valence-corrected chi connectivity index (χ1v) is 16.9. The van der Waals surface area contributed by atoms with Gasteiger partial charge in [-0.25, -0.2) is 9.97 Å². The first-order chi connectivity index (χ1) is 24.8. The number of hydrogen-bond donors (Lipinski definition) is 0. The van der Waals surface area contributed by atoms with Crippen LogP contribution < -0.4 is 0 Å². The van der Waals surface area contributed by atoms with Crippen LogP contribution in [0.25, 0.3) is 88.9 Å². The third-order valence-electron chi connectivity index (χ3n) is 9.72. The Bertz CT molecular complexity index is 2850. The van der Waals surface area contributed by atoms with Gasteiger partial charge in [-0.1, -0.05) is 127 Å². The average molecular weight is 639 g/mol. The zero-order valence-corrected chi connectivity index (χ0v) is 27.1. The Morgan fingerprint density at radius 2 is 0.920 bits per heavy atom. The molecule has 0 unspecified atom stereocenters. The van der Waals surface area contributed by atoms with Crippen molar-refractivity contribution in [3.8, 4) is 45.1 Å². The van der Waals surface area contributed by atoms with E-state index in [1.54, 1.807) is 0 Å². The molecular formula is C46H30N4. The molecule has 0 bridgehead atoms. The van der Waals surface area contributed by atoms with E-state index in [2.05, 4.69) is 191 Å². The molecule has 3 aromatic heterocycles. The zero-order valence-electron chi connectivity index (χ0n) is 27.1. The Morgan fingerprint density at radius 1 is 0.340 bits per heavy atom. The maximum Gasteiger partial charge on any atom is 0.162 e. The average Bonchev–Trinajstić information content (AvgIpc) is 3.71. The van der Waals surface area contributed by atoms with Crippen LogP contribution in [0.1, 0.15) is 0 Å². The van der Waals surface area contributed by atoms with Crippen LogP contribution in [0.4, 0.5) is 0 Å². The number of aromatic nitrogens is 4. The van der Waals surface area contributed by atoms with Crippen molar-refractivity contribution in [1.29, 1.82) is 0 Å². The summed E-state index contributed by atoms with van der Waals surface area (Å²) < 4.78 is 4.64. The Balaban J connectivity index is 1.23. The standard InChI is InChI=1S/C46H30N4/c1-4-15-31(16-5-1)33-19-14-22-36(29-33)49-40-25-12-10-23-37(40)39-30-34(27-28-42(39)49)45-47-44(32-17-6-2-7-18-32)43-38-24-11-13-26-41(38)50(46(43)48-45)35-20-8-3-9-21-35/h1-30H. The minimum Gasteiger partial charge on any atom is -0.309 e. The highest BCUT2D eigenvalue weighted by molar-refractivity contribution is 6.14. The summed E-state index contributed by atoms with van der Waals surface area (Å²) in [6.07, 6.45) is 0. The van der Waals surface area contributed by atoms with E-state index in [0.29, 0.717) is 5.82 Å². The molecule has 3 heterocycles. The smallest absolute Gasteiger partial charge is 0.162 e. The van der Waals surface area contributed by atoms with Gasteiger partial charge in [-0.15, -0.1) is 0 Å². The Labute approximate surface area is 289 Å². The van der Waals surface area contributed by atoms with Crippen molar-refractivity contribution in [2.75, 3.05) is 0 Å². The van der Waals surface area contributed by atoms with Crippen LogP contribution in [0, 0.1) is 0 Å². The van der Waals surface area contributed by atoms with Crippen LogP contribution in [0.3, 0.4) is 0 Å². The molecule has 0 aliphatic carbocycles. The molecule has 4 heteroatoms. The lowest BCUT2D eigenvalue weighted by atomic mass is 10.0. The van der Waals surface area contributed by atoms with Gasteiger partial charge < -0.3 is 4.57 Å². The topological polar surface area (TPSA) is 35.6 Å². The largest absolute Gasteiger partial charge is 0.309 e. The van der Waals surface area contributed by atoms with Gasteiger partial charge in [0.05, 0.1) is 27.6 Å². The molecule has 0 radical (unpaired) electrons. The molecule has 10 aromatic rings. The van der Waals surface area contributed by atoms with Gasteiger partial charge >= 0.3 is 0 Å². The van der Waals surface area contributed by atoms with Crippen molar-refractivity contribution in [3.05, 3.63) is 182 Å². The summed E-state index contributed by atoms with van der Waals surface area (Å²) in [6.45, 7) is 0. The Kier molecular flexibility index (Phi) is 6.46. The van der Waals surface area contributed by atoms with Gasteiger partial charge in [-0.05, 0) is 65.7 Å². The highest BCUT2D eigenvalue weighted by atomic mass is 15.1. The SMILES string of the molecule is c1ccc(-c2cccc(-n3c4ccccc4c4cc(-c5nc(-c6ccccc6)c6c7ccccc7n(-c7ccccc7)c6n5)ccc43)c2)cc1. The maximum atomic E-state index is 5.39. The van der Waals surface area contributed by atoms with Crippen LogP contribution in [0.15, 0.2) is 182 Å². The summed E-state index contributed by atoms with van der Waals surface area (Å²) >= 11 is 0. The molecular weight excluding hydrogens is 609 g/mol. The van der Waals surface area contributed by atoms with E-state index < -0.39 is 0 Å². The minimum atomic E-state index is 0.696. The predicted octanol–water partition coefficient (Wildman–Crippen LogP) is 11.7. The third kappa shape index (κ3) is 4.46. The van der Waals surface area contributed by atoms with Crippen LogP contribution >= 0.6 is 0 Å². The van der Waals surface area contributed by atoms with Crippen molar-refractivity contribution in [1.82, 2.24) is 19.1 Å². The molecule has 10 rings (SSSR count). The van der Waals surface area contributed by atoms with Gasteiger partial charge in [0.15, 0.2) is 5.82 Å². The van der Waals surface area contributed by atoms with Gasteiger partial charge in [0.2, 0.25) is 0 Å². The lowest BCUT2D eigenvalue weighted by Crippen LogP contribution is -1.99. The fourth-order valence-corrected chi connectivity index (χ4v) is 7.47. The minimum absolute atomic E-state index is 0.696. The molecule has 0 atom stereocenters. The molecule has 0 spiro atoms. The predicted molar refractivity (Wildman–Crippen MR) is 207 cm³/mol. The lowest BCUT2D eigenvalue weighted by Gasteiger charge is -2.11. The molecule has 0 saturated heterocycles. The van der Waals surface area contributed by atoms with Crippen molar-refractivity contribution >= 4 is 43.7 Å². The highest BCUT2D eigenvalue weighted by Crippen LogP contribution is 2.40. The third-order valence-corrected chi connectivity index (χ3v) is 9.72. The van der Waals surface area contributed by atoms with Crippen molar-refractivity contribution in [2.24, 2.45) is 0 Å². The van der Waals surface area contributed by atoms with Crippen molar-refractivity contribution in [3.63, 3.8) is 0 Å². The van der Waals surface area contributed by atoms with Crippen LogP contribution in [0.2, 0.25) is 0 Å². The summed E-state index contributed by atoms with van der Waals surface area (Å²) in [5.74, 6) is 0.696. The second-order valence-corrected chi connectivity index (χ2v) is 12.6. The first-order valence-electron chi connectivity index (χ1n) is 16.9. The molecule has 0 aliphatic rings. The van der Waals surface area contributed by atoms with E-state index >= 15 is 0 Å². The fraction of sp³-hybridized carbons (Fsp3) is 0. The number of benzene rings is 7. The summed E-state index contributed by atoms with van der Waals surface area (Å²) in [5, 5.41) is 4.54. The monoisotopic (exact) mass is 638 g/mol. The van der Waals surface area contributed by atoms with Crippen LogP contribution in [-0.2, 0) is 0 Å². The number of para-hydroxylation sites is 3. The number of hydrogen-bond acceptors (Lipinski definition) is 2. The fourth-order valence-electron chi connectivity index (χ4n) is 7.47. The zero-order chi connectivity index (χ0) is 33.0. The van der Waals surface area contributed by atoms with Gasteiger partial charge in [0, 0.05) is 38.7 Å². The highest BCUT2D eigenvalue weighted by Gasteiger charge is 2.21. The van der Waals surface area contributed by atoms with Gasteiger partial charge in [-0.2, -0.15) is 0 Å².